The fourth-order valence-electron chi connectivity index (χ4n) is 2.54. The highest BCUT2D eigenvalue weighted by Gasteiger charge is 2.22. The Bertz CT molecular complexity index is 832. The van der Waals surface area contributed by atoms with Gasteiger partial charge in [-0.3, -0.25) is 4.79 Å². The van der Waals surface area contributed by atoms with E-state index in [2.05, 4.69) is 52.9 Å². The van der Waals surface area contributed by atoms with Crippen LogP contribution in [-0.2, 0) is 14.9 Å². The zero-order chi connectivity index (χ0) is 20.2. The fraction of sp³-hybridized carbons (Fsp3) is 0.400. The summed E-state index contributed by atoms with van der Waals surface area (Å²) in [6.07, 6.45) is 1.45. The average Bonchev–Trinajstić information content (AvgIpc) is 2.64. The quantitative estimate of drug-likeness (QED) is 0.738. The summed E-state index contributed by atoms with van der Waals surface area (Å²) in [6, 6.07) is 7.13. The Morgan fingerprint density at radius 2 is 1.82 bits per heavy atom. The molecule has 152 valence electrons. The van der Waals surface area contributed by atoms with E-state index in [9.17, 15) is 9.59 Å². The van der Waals surface area contributed by atoms with Crippen LogP contribution in [0.1, 0.15) is 42.4 Å². The third kappa shape index (κ3) is 5.50. The van der Waals surface area contributed by atoms with E-state index in [0.717, 1.165) is 5.56 Å². The molecule has 1 unspecified atom stereocenters. The zero-order valence-electron chi connectivity index (χ0n) is 16.8. The lowest BCUT2D eigenvalue weighted by Crippen LogP contribution is -2.46. The number of halogens is 1. The molecule has 0 spiro atoms. The Morgan fingerprint density at radius 1 is 1.21 bits per heavy atom. The molecule has 0 aliphatic heterocycles. The molecule has 2 rings (SSSR count). The molecular weight excluding hydrogens is 380 g/mol. The minimum Gasteiger partial charge on any atom is -0.467 e. The number of rotatable bonds is 5. The number of hydrogen-bond donors (Lipinski definition) is 2. The van der Waals surface area contributed by atoms with E-state index in [1.165, 1.54) is 18.9 Å². The first kappa shape index (κ1) is 23.5. The number of aryl methyl sites for hydroxylation is 1. The second-order valence-corrected chi connectivity index (χ2v) is 7.30. The number of benzene rings is 1. The monoisotopic (exact) mass is 406 g/mol. The van der Waals surface area contributed by atoms with E-state index in [0.29, 0.717) is 11.5 Å². The van der Waals surface area contributed by atoms with Crippen LogP contribution in [0, 0.1) is 6.92 Å². The molecule has 0 radical (unpaired) electrons. The number of nitrogens with two attached hydrogens (primary N) is 1. The van der Waals surface area contributed by atoms with Gasteiger partial charge in [0.25, 0.3) is 5.91 Å². The van der Waals surface area contributed by atoms with Crippen LogP contribution in [0.2, 0.25) is 0 Å². The first-order valence-corrected chi connectivity index (χ1v) is 8.70. The van der Waals surface area contributed by atoms with Gasteiger partial charge in [-0.1, -0.05) is 45.0 Å². The Balaban J connectivity index is 0.00000392. The molecule has 1 amide bonds. The second-order valence-electron chi connectivity index (χ2n) is 7.30. The maximum atomic E-state index is 12.4. The molecule has 2 aromatic rings. The SMILES string of the molecule is COC(=O)C(CN)NC(=O)c1cnc(-c2ccc(C(C)(C)C)cc2)nc1C.Cl. The lowest BCUT2D eigenvalue weighted by Gasteiger charge is -2.19. The minimum absolute atomic E-state index is 0. The van der Waals surface area contributed by atoms with Gasteiger partial charge in [-0.15, -0.1) is 12.4 Å². The van der Waals surface area contributed by atoms with Crippen molar-refractivity contribution in [2.45, 2.75) is 39.2 Å². The van der Waals surface area contributed by atoms with Gasteiger partial charge < -0.3 is 15.8 Å². The van der Waals surface area contributed by atoms with Crippen LogP contribution in [0.4, 0.5) is 0 Å². The first-order valence-electron chi connectivity index (χ1n) is 8.70. The highest BCUT2D eigenvalue weighted by molar-refractivity contribution is 5.97. The summed E-state index contributed by atoms with van der Waals surface area (Å²) in [5, 5.41) is 2.54. The molecule has 0 saturated carbocycles. The van der Waals surface area contributed by atoms with Crippen molar-refractivity contribution < 1.29 is 14.3 Å². The number of carbonyl (C=O) groups excluding carboxylic acids is 2. The number of nitrogens with one attached hydrogen (secondary N) is 1. The van der Waals surface area contributed by atoms with Gasteiger partial charge in [0, 0.05) is 18.3 Å². The van der Waals surface area contributed by atoms with Crippen molar-refractivity contribution >= 4 is 24.3 Å². The molecule has 3 N–H and O–H groups in total. The number of nitrogens with zero attached hydrogens (tertiary/aromatic N) is 2. The largest absolute Gasteiger partial charge is 0.467 e. The van der Waals surface area contributed by atoms with Crippen molar-refractivity contribution in [2.75, 3.05) is 13.7 Å². The predicted octanol–water partition coefficient (Wildman–Crippen LogP) is 2.40. The van der Waals surface area contributed by atoms with Crippen molar-refractivity contribution in [1.82, 2.24) is 15.3 Å². The molecule has 0 saturated heterocycles. The molecule has 8 heteroatoms. The maximum absolute atomic E-state index is 12.4. The average molecular weight is 407 g/mol. The van der Waals surface area contributed by atoms with Crippen LogP contribution in [0.3, 0.4) is 0 Å². The molecule has 7 nitrogen and oxygen atoms in total. The molecule has 1 atom stereocenters. The molecule has 1 aromatic carbocycles. The number of ether oxygens (including phenoxy) is 1. The van der Waals surface area contributed by atoms with Crippen LogP contribution >= 0.6 is 12.4 Å². The summed E-state index contributed by atoms with van der Waals surface area (Å²) in [5.41, 5.74) is 8.46. The van der Waals surface area contributed by atoms with Gasteiger partial charge >= 0.3 is 5.97 Å². The van der Waals surface area contributed by atoms with E-state index in [4.69, 9.17) is 5.73 Å². The minimum atomic E-state index is -0.911. The van der Waals surface area contributed by atoms with Gasteiger partial charge in [0.05, 0.1) is 18.4 Å². The van der Waals surface area contributed by atoms with Gasteiger partial charge in [-0.2, -0.15) is 0 Å². The smallest absolute Gasteiger partial charge is 0.329 e. The van der Waals surface area contributed by atoms with E-state index in [1.807, 2.05) is 12.1 Å². The fourth-order valence-corrected chi connectivity index (χ4v) is 2.54. The Morgan fingerprint density at radius 3 is 2.29 bits per heavy atom. The van der Waals surface area contributed by atoms with Crippen molar-refractivity contribution in [3.05, 3.63) is 47.3 Å². The normalized spacial score (nSPS) is 11.9. The van der Waals surface area contributed by atoms with E-state index in [-0.39, 0.29) is 29.9 Å². The topological polar surface area (TPSA) is 107 Å². The van der Waals surface area contributed by atoms with Crippen molar-refractivity contribution in [3.63, 3.8) is 0 Å². The number of aromatic nitrogens is 2. The van der Waals surface area contributed by atoms with Crippen LogP contribution in [0.15, 0.2) is 30.5 Å². The van der Waals surface area contributed by atoms with Crippen molar-refractivity contribution in [1.29, 1.82) is 0 Å². The molecular formula is C20H27ClN4O3. The Kier molecular flexibility index (Phi) is 8.08. The van der Waals surface area contributed by atoms with Gasteiger partial charge in [-0.05, 0) is 17.9 Å². The molecule has 0 aliphatic carbocycles. The number of methoxy groups -OCH3 is 1. The third-order valence-electron chi connectivity index (χ3n) is 4.26. The summed E-state index contributed by atoms with van der Waals surface area (Å²) in [6.45, 7) is 8.12. The van der Waals surface area contributed by atoms with E-state index in [1.54, 1.807) is 6.92 Å². The highest BCUT2D eigenvalue weighted by atomic mass is 35.5. The summed E-state index contributed by atoms with van der Waals surface area (Å²) in [5.74, 6) is -0.532. The molecule has 1 heterocycles. The molecule has 1 aromatic heterocycles. The van der Waals surface area contributed by atoms with Gasteiger partial charge in [0.1, 0.15) is 6.04 Å². The number of hydrogen-bond acceptors (Lipinski definition) is 6. The lowest BCUT2D eigenvalue weighted by molar-refractivity contribution is -0.142. The maximum Gasteiger partial charge on any atom is 0.329 e. The second kappa shape index (κ2) is 9.61. The van der Waals surface area contributed by atoms with Crippen LogP contribution in [-0.4, -0.2) is 41.5 Å². The van der Waals surface area contributed by atoms with Crippen molar-refractivity contribution in [3.8, 4) is 11.4 Å². The first-order chi connectivity index (χ1) is 12.7. The highest BCUT2D eigenvalue weighted by Crippen LogP contribution is 2.25. The number of amides is 1. The summed E-state index contributed by atoms with van der Waals surface area (Å²) < 4.78 is 4.62. The summed E-state index contributed by atoms with van der Waals surface area (Å²) in [7, 11) is 1.24. The van der Waals surface area contributed by atoms with Gasteiger partial charge in [-0.25, -0.2) is 14.8 Å². The number of carbonyl (C=O) groups is 2. The number of esters is 1. The molecule has 0 fully saturated rings. The molecule has 0 aliphatic rings. The zero-order valence-corrected chi connectivity index (χ0v) is 17.6. The van der Waals surface area contributed by atoms with Gasteiger partial charge in [0.15, 0.2) is 5.82 Å². The predicted molar refractivity (Wildman–Crippen MR) is 110 cm³/mol. The van der Waals surface area contributed by atoms with Crippen molar-refractivity contribution in [2.24, 2.45) is 5.73 Å². The van der Waals surface area contributed by atoms with E-state index < -0.39 is 17.9 Å². The Labute approximate surface area is 171 Å². The summed E-state index contributed by atoms with van der Waals surface area (Å²) >= 11 is 0. The van der Waals surface area contributed by atoms with Crippen LogP contribution < -0.4 is 11.1 Å². The standard InChI is InChI=1S/C20H26N4O3.ClH/c1-12-15(18(25)24-16(10-21)19(26)27-5)11-22-17(23-12)13-6-8-14(9-7-13)20(2,3)4;/h6-9,11,16H,10,21H2,1-5H3,(H,24,25);1H. The summed E-state index contributed by atoms with van der Waals surface area (Å²) in [4.78, 5) is 32.7. The lowest BCUT2D eigenvalue weighted by atomic mass is 9.87. The van der Waals surface area contributed by atoms with Gasteiger partial charge in [0.2, 0.25) is 0 Å². The Hall–Kier alpha value is -2.51. The van der Waals surface area contributed by atoms with Crippen LogP contribution in [0.5, 0.6) is 0 Å². The van der Waals surface area contributed by atoms with Crippen LogP contribution in [0.25, 0.3) is 11.4 Å². The van der Waals surface area contributed by atoms with E-state index >= 15 is 0 Å². The molecule has 28 heavy (non-hydrogen) atoms. The molecule has 0 bridgehead atoms. The third-order valence-corrected chi connectivity index (χ3v) is 4.26.